The lowest BCUT2D eigenvalue weighted by Crippen LogP contribution is -2.49. The van der Waals surface area contributed by atoms with Crippen molar-refractivity contribution in [3.63, 3.8) is 0 Å². The van der Waals surface area contributed by atoms with Crippen LogP contribution in [-0.2, 0) is 4.79 Å². The molecule has 1 fully saturated rings. The van der Waals surface area contributed by atoms with Crippen LogP contribution in [0, 0.1) is 11.8 Å². The van der Waals surface area contributed by atoms with Crippen LogP contribution < -0.4 is 5.32 Å². The maximum atomic E-state index is 10.9. The van der Waals surface area contributed by atoms with Crippen LogP contribution in [0.5, 0.6) is 0 Å². The summed E-state index contributed by atoms with van der Waals surface area (Å²) in [6.45, 7) is 4.47. The molecule has 1 aliphatic carbocycles. The van der Waals surface area contributed by atoms with Crippen LogP contribution in [0.1, 0.15) is 46.0 Å². The lowest BCUT2D eigenvalue weighted by atomic mass is 9.70. The van der Waals surface area contributed by atoms with Gasteiger partial charge in [0.25, 0.3) is 0 Å². The number of hydrogen-bond donors (Lipinski definition) is 2. The molecular formula is C12H23NO2. The van der Waals surface area contributed by atoms with Crippen molar-refractivity contribution in [2.24, 2.45) is 11.8 Å². The SMILES string of the molecule is CNC1(CC(=O)O)CCCC(C(C)C)C1. The zero-order valence-electron chi connectivity index (χ0n) is 10.0. The van der Waals surface area contributed by atoms with Crippen LogP contribution in [0.3, 0.4) is 0 Å². The molecule has 1 saturated carbocycles. The summed E-state index contributed by atoms with van der Waals surface area (Å²) in [6, 6.07) is 0. The quantitative estimate of drug-likeness (QED) is 0.753. The first-order chi connectivity index (χ1) is 6.99. The van der Waals surface area contributed by atoms with Gasteiger partial charge in [0.05, 0.1) is 6.42 Å². The number of aliphatic carboxylic acids is 1. The van der Waals surface area contributed by atoms with E-state index in [-0.39, 0.29) is 12.0 Å². The summed E-state index contributed by atoms with van der Waals surface area (Å²) in [5.41, 5.74) is -0.154. The molecule has 0 bridgehead atoms. The molecule has 2 atom stereocenters. The Morgan fingerprint density at radius 3 is 2.73 bits per heavy atom. The van der Waals surface area contributed by atoms with Gasteiger partial charge < -0.3 is 10.4 Å². The van der Waals surface area contributed by atoms with Gasteiger partial charge in [0.1, 0.15) is 0 Å². The van der Waals surface area contributed by atoms with E-state index in [1.165, 1.54) is 6.42 Å². The molecule has 0 aromatic heterocycles. The van der Waals surface area contributed by atoms with Gasteiger partial charge >= 0.3 is 5.97 Å². The van der Waals surface area contributed by atoms with E-state index in [4.69, 9.17) is 5.11 Å². The van der Waals surface area contributed by atoms with E-state index in [2.05, 4.69) is 19.2 Å². The topological polar surface area (TPSA) is 49.3 Å². The van der Waals surface area contributed by atoms with Crippen LogP contribution in [0.25, 0.3) is 0 Å². The monoisotopic (exact) mass is 213 g/mol. The fourth-order valence-electron chi connectivity index (χ4n) is 2.74. The lowest BCUT2D eigenvalue weighted by molar-refractivity contribution is -0.139. The van der Waals surface area contributed by atoms with Gasteiger partial charge in [-0.25, -0.2) is 0 Å². The van der Waals surface area contributed by atoms with Crippen molar-refractivity contribution in [3.05, 3.63) is 0 Å². The number of hydrogen-bond acceptors (Lipinski definition) is 2. The van der Waals surface area contributed by atoms with Crippen molar-refractivity contribution in [2.75, 3.05) is 7.05 Å². The van der Waals surface area contributed by atoms with Crippen molar-refractivity contribution in [2.45, 2.75) is 51.5 Å². The summed E-state index contributed by atoms with van der Waals surface area (Å²) in [7, 11) is 1.89. The highest BCUT2D eigenvalue weighted by atomic mass is 16.4. The molecule has 1 aliphatic rings. The predicted molar refractivity (Wildman–Crippen MR) is 60.8 cm³/mol. The van der Waals surface area contributed by atoms with Gasteiger partial charge in [0.2, 0.25) is 0 Å². The third-order valence-corrected chi connectivity index (χ3v) is 3.85. The van der Waals surface area contributed by atoms with E-state index >= 15 is 0 Å². The molecule has 0 saturated heterocycles. The van der Waals surface area contributed by atoms with Crippen LogP contribution in [0.2, 0.25) is 0 Å². The summed E-state index contributed by atoms with van der Waals surface area (Å²) in [4.78, 5) is 10.9. The molecule has 0 radical (unpaired) electrons. The van der Waals surface area contributed by atoms with Gasteiger partial charge in [-0.3, -0.25) is 4.79 Å². The highest BCUT2D eigenvalue weighted by molar-refractivity contribution is 5.68. The van der Waals surface area contributed by atoms with E-state index in [1.54, 1.807) is 0 Å². The molecule has 2 N–H and O–H groups in total. The number of carboxylic acid groups (broad SMARTS) is 1. The molecule has 88 valence electrons. The second-order valence-corrected chi connectivity index (χ2v) is 5.20. The minimum Gasteiger partial charge on any atom is -0.481 e. The van der Waals surface area contributed by atoms with Crippen molar-refractivity contribution >= 4 is 5.97 Å². The van der Waals surface area contributed by atoms with Crippen molar-refractivity contribution in [3.8, 4) is 0 Å². The van der Waals surface area contributed by atoms with Gasteiger partial charge in [-0.05, 0) is 31.7 Å². The van der Waals surface area contributed by atoms with Crippen LogP contribution in [0.4, 0.5) is 0 Å². The Kier molecular flexibility index (Phi) is 4.14. The lowest BCUT2D eigenvalue weighted by Gasteiger charge is -2.41. The zero-order chi connectivity index (χ0) is 11.5. The van der Waals surface area contributed by atoms with E-state index < -0.39 is 5.97 Å². The summed E-state index contributed by atoms with van der Waals surface area (Å²) in [6.07, 6.45) is 4.66. The minimum atomic E-state index is -0.686. The molecule has 1 rings (SSSR count). The largest absolute Gasteiger partial charge is 0.481 e. The van der Waals surface area contributed by atoms with Gasteiger partial charge in [0.15, 0.2) is 0 Å². The fraction of sp³-hybridized carbons (Fsp3) is 0.917. The van der Waals surface area contributed by atoms with Crippen LogP contribution in [-0.4, -0.2) is 23.7 Å². The Morgan fingerprint density at radius 1 is 1.60 bits per heavy atom. The Morgan fingerprint density at radius 2 is 2.27 bits per heavy atom. The molecule has 0 aromatic carbocycles. The van der Waals surface area contributed by atoms with Crippen molar-refractivity contribution in [1.29, 1.82) is 0 Å². The van der Waals surface area contributed by atoms with Crippen molar-refractivity contribution < 1.29 is 9.90 Å². The summed E-state index contributed by atoms with van der Waals surface area (Å²) >= 11 is 0. The third-order valence-electron chi connectivity index (χ3n) is 3.85. The van der Waals surface area contributed by atoms with E-state index in [1.807, 2.05) is 7.05 Å². The highest BCUT2D eigenvalue weighted by Gasteiger charge is 2.37. The van der Waals surface area contributed by atoms with E-state index in [0.717, 1.165) is 19.3 Å². The minimum absolute atomic E-state index is 0.154. The van der Waals surface area contributed by atoms with Gasteiger partial charge in [0, 0.05) is 5.54 Å². The predicted octanol–water partition coefficient (Wildman–Crippen LogP) is 2.27. The smallest absolute Gasteiger partial charge is 0.305 e. The zero-order valence-corrected chi connectivity index (χ0v) is 10.0. The second-order valence-electron chi connectivity index (χ2n) is 5.20. The normalized spacial score (nSPS) is 31.9. The van der Waals surface area contributed by atoms with E-state index in [9.17, 15) is 4.79 Å². The average Bonchev–Trinajstić information content (AvgIpc) is 2.17. The first-order valence-electron chi connectivity index (χ1n) is 5.90. The Hall–Kier alpha value is -0.570. The molecule has 15 heavy (non-hydrogen) atoms. The Labute approximate surface area is 92.3 Å². The van der Waals surface area contributed by atoms with Crippen LogP contribution >= 0.6 is 0 Å². The Bertz CT molecular complexity index is 228. The molecule has 2 unspecified atom stereocenters. The summed E-state index contributed by atoms with van der Waals surface area (Å²) < 4.78 is 0. The molecule has 3 nitrogen and oxygen atoms in total. The maximum Gasteiger partial charge on any atom is 0.305 e. The fourth-order valence-corrected chi connectivity index (χ4v) is 2.74. The molecule has 0 aliphatic heterocycles. The number of carboxylic acids is 1. The third kappa shape index (κ3) is 3.20. The molecule has 0 amide bonds. The number of carbonyl (C=O) groups is 1. The maximum absolute atomic E-state index is 10.9. The highest BCUT2D eigenvalue weighted by Crippen LogP contribution is 2.38. The van der Waals surface area contributed by atoms with Gasteiger partial charge in [-0.15, -0.1) is 0 Å². The molecule has 0 spiro atoms. The first-order valence-corrected chi connectivity index (χ1v) is 5.90. The van der Waals surface area contributed by atoms with Crippen molar-refractivity contribution in [1.82, 2.24) is 5.32 Å². The van der Waals surface area contributed by atoms with E-state index in [0.29, 0.717) is 11.8 Å². The average molecular weight is 213 g/mol. The molecule has 3 heteroatoms. The molecule has 0 heterocycles. The standard InChI is InChI=1S/C12H23NO2/c1-9(2)10-5-4-6-12(7-10,13-3)8-11(14)15/h9-10,13H,4-8H2,1-3H3,(H,14,15). The number of nitrogens with one attached hydrogen (secondary N) is 1. The summed E-state index contributed by atoms with van der Waals surface area (Å²) in [5.74, 6) is 0.645. The van der Waals surface area contributed by atoms with Gasteiger partial charge in [-0.2, -0.15) is 0 Å². The van der Waals surface area contributed by atoms with Crippen LogP contribution in [0.15, 0.2) is 0 Å². The number of rotatable bonds is 4. The summed E-state index contributed by atoms with van der Waals surface area (Å²) in [5, 5.41) is 12.2. The Balaban J connectivity index is 2.67. The first kappa shape index (κ1) is 12.5. The second kappa shape index (κ2) is 4.97. The molecular weight excluding hydrogens is 190 g/mol. The molecule has 0 aromatic rings. The van der Waals surface area contributed by atoms with Gasteiger partial charge in [-0.1, -0.05) is 26.7 Å².